The van der Waals surface area contributed by atoms with Gasteiger partial charge >= 0.3 is 0 Å². The zero-order valence-corrected chi connectivity index (χ0v) is 9.70. The summed E-state index contributed by atoms with van der Waals surface area (Å²) in [5.41, 5.74) is 0. The maximum atomic E-state index is 5.78. The van der Waals surface area contributed by atoms with Crippen LogP contribution < -0.4 is 10.6 Å². The van der Waals surface area contributed by atoms with Gasteiger partial charge in [-0.15, -0.1) is 6.42 Å². The molecule has 0 aromatic rings. The summed E-state index contributed by atoms with van der Waals surface area (Å²) in [6, 6.07) is 0.398. The Hall–Kier alpha value is -1.21. The molecule has 0 unspecified atom stereocenters. The molecule has 2 N–H and O–H groups in total. The van der Waals surface area contributed by atoms with Gasteiger partial charge in [0, 0.05) is 6.54 Å². The van der Waals surface area contributed by atoms with Gasteiger partial charge in [0.1, 0.15) is 6.54 Å². The molecule has 0 aliphatic carbocycles. The van der Waals surface area contributed by atoms with Crippen molar-refractivity contribution in [3.63, 3.8) is 0 Å². The Morgan fingerprint density at radius 1 is 1.56 bits per heavy atom. The molecule has 2 fully saturated rings. The molecule has 88 valence electrons. The highest BCUT2D eigenvalue weighted by molar-refractivity contribution is 5.80. The van der Waals surface area contributed by atoms with Crippen LogP contribution in [0.1, 0.15) is 26.2 Å². The molecule has 4 heteroatoms. The predicted molar refractivity (Wildman–Crippen MR) is 64.2 cm³/mol. The molecule has 0 saturated carbocycles. The molecular weight excluding hydrogens is 202 g/mol. The third-order valence-corrected chi connectivity index (χ3v) is 3.10. The quantitative estimate of drug-likeness (QED) is 0.414. The van der Waals surface area contributed by atoms with Crippen LogP contribution in [0.15, 0.2) is 4.99 Å². The van der Waals surface area contributed by atoms with E-state index < -0.39 is 0 Å². The molecule has 2 bridgehead atoms. The summed E-state index contributed by atoms with van der Waals surface area (Å²) in [7, 11) is 0. The van der Waals surface area contributed by atoms with Crippen LogP contribution in [0.5, 0.6) is 0 Å². The number of nitrogens with zero attached hydrogens (tertiary/aromatic N) is 1. The largest absolute Gasteiger partial charge is 0.373 e. The van der Waals surface area contributed by atoms with Crippen molar-refractivity contribution in [3.8, 4) is 12.3 Å². The molecule has 0 spiro atoms. The van der Waals surface area contributed by atoms with E-state index in [9.17, 15) is 0 Å². The van der Waals surface area contributed by atoms with E-state index in [-0.39, 0.29) is 0 Å². The van der Waals surface area contributed by atoms with Crippen molar-refractivity contribution in [2.45, 2.75) is 44.4 Å². The van der Waals surface area contributed by atoms with Gasteiger partial charge in [0.05, 0.1) is 18.2 Å². The van der Waals surface area contributed by atoms with E-state index >= 15 is 0 Å². The van der Waals surface area contributed by atoms with Gasteiger partial charge in [-0.05, 0) is 26.2 Å². The number of nitrogens with one attached hydrogen (secondary N) is 2. The second-order valence-corrected chi connectivity index (χ2v) is 4.26. The van der Waals surface area contributed by atoms with Gasteiger partial charge in [-0.25, -0.2) is 4.99 Å². The van der Waals surface area contributed by atoms with Gasteiger partial charge in [-0.3, -0.25) is 0 Å². The molecule has 2 aliphatic heterocycles. The number of hydrogen-bond acceptors (Lipinski definition) is 2. The molecule has 2 heterocycles. The Balaban J connectivity index is 1.88. The second kappa shape index (κ2) is 5.22. The Kier molecular flexibility index (Phi) is 3.68. The number of guanidine groups is 1. The number of ether oxygens (including phenoxy) is 1. The van der Waals surface area contributed by atoms with E-state index in [4.69, 9.17) is 11.2 Å². The first-order valence-corrected chi connectivity index (χ1v) is 5.97. The molecule has 2 rings (SSSR count). The second-order valence-electron chi connectivity index (χ2n) is 4.26. The van der Waals surface area contributed by atoms with Gasteiger partial charge in [0.15, 0.2) is 5.96 Å². The van der Waals surface area contributed by atoms with Gasteiger partial charge in [-0.2, -0.15) is 0 Å². The van der Waals surface area contributed by atoms with Crippen molar-refractivity contribution in [3.05, 3.63) is 0 Å². The molecule has 0 aromatic carbocycles. The summed E-state index contributed by atoms with van der Waals surface area (Å²) in [5, 5.41) is 6.59. The fraction of sp³-hybridized carbons (Fsp3) is 0.750. The Morgan fingerprint density at radius 2 is 2.44 bits per heavy atom. The average molecular weight is 221 g/mol. The number of aliphatic imine (C=N–C) groups is 1. The molecule has 4 nitrogen and oxygen atoms in total. The lowest BCUT2D eigenvalue weighted by Crippen LogP contribution is -2.47. The summed E-state index contributed by atoms with van der Waals surface area (Å²) < 4.78 is 5.78. The first-order chi connectivity index (χ1) is 7.83. The van der Waals surface area contributed by atoms with E-state index in [2.05, 4.69) is 21.5 Å². The number of fused-ring (bicyclic) bond motifs is 2. The summed E-state index contributed by atoms with van der Waals surface area (Å²) >= 11 is 0. The van der Waals surface area contributed by atoms with E-state index in [1.54, 1.807) is 0 Å². The summed E-state index contributed by atoms with van der Waals surface area (Å²) in [6.07, 6.45) is 9.48. The zero-order valence-electron chi connectivity index (χ0n) is 9.70. The summed E-state index contributed by atoms with van der Waals surface area (Å²) in [4.78, 5) is 4.28. The first kappa shape index (κ1) is 11.3. The van der Waals surface area contributed by atoms with Crippen molar-refractivity contribution in [1.29, 1.82) is 0 Å². The van der Waals surface area contributed by atoms with Crippen LogP contribution in [-0.2, 0) is 4.74 Å². The molecule has 3 atom stereocenters. The molecule has 0 amide bonds. The van der Waals surface area contributed by atoms with Crippen LogP contribution in [0.4, 0.5) is 0 Å². The fourth-order valence-electron chi connectivity index (χ4n) is 2.41. The van der Waals surface area contributed by atoms with Crippen molar-refractivity contribution in [1.82, 2.24) is 10.6 Å². The van der Waals surface area contributed by atoms with E-state index in [1.807, 2.05) is 6.92 Å². The van der Waals surface area contributed by atoms with Gasteiger partial charge in [0.2, 0.25) is 0 Å². The molecule has 2 saturated heterocycles. The zero-order chi connectivity index (χ0) is 11.4. The topological polar surface area (TPSA) is 45.7 Å². The summed E-state index contributed by atoms with van der Waals surface area (Å²) in [5.74, 6) is 3.32. The molecular formula is C12H19N3O. The van der Waals surface area contributed by atoms with Crippen LogP contribution in [-0.4, -0.2) is 37.3 Å². The Labute approximate surface area is 96.8 Å². The predicted octanol–water partition coefficient (Wildman–Crippen LogP) is 0.495. The van der Waals surface area contributed by atoms with Gasteiger partial charge < -0.3 is 15.4 Å². The van der Waals surface area contributed by atoms with Crippen molar-refractivity contribution < 1.29 is 4.74 Å². The monoisotopic (exact) mass is 221 g/mol. The number of terminal acetylenes is 1. The van der Waals surface area contributed by atoms with Gasteiger partial charge in [0.25, 0.3) is 0 Å². The van der Waals surface area contributed by atoms with Crippen molar-refractivity contribution >= 4 is 5.96 Å². The highest BCUT2D eigenvalue weighted by atomic mass is 16.5. The van der Waals surface area contributed by atoms with Gasteiger partial charge in [-0.1, -0.05) is 5.92 Å². The lowest BCUT2D eigenvalue weighted by atomic mass is 9.96. The third kappa shape index (κ3) is 2.48. The van der Waals surface area contributed by atoms with Crippen LogP contribution in [0.25, 0.3) is 0 Å². The smallest absolute Gasteiger partial charge is 0.192 e. The van der Waals surface area contributed by atoms with E-state index in [0.717, 1.165) is 25.3 Å². The number of hydrogen-bond donors (Lipinski definition) is 2. The average Bonchev–Trinajstić information content (AvgIpc) is 2.88. The molecule has 16 heavy (non-hydrogen) atoms. The van der Waals surface area contributed by atoms with E-state index in [0.29, 0.717) is 24.8 Å². The number of rotatable bonds is 3. The summed E-state index contributed by atoms with van der Waals surface area (Å²) in [6.45, 7) is 3.31. The highest BCUT2D eigenvalue weighted by Gasteiger charge is 2.40. The maximum absolute atomic E-state index is 5.78. The maximum Gasteiger partial charge on any atom is 0.192 e. The minimum Gasteiger partial charge on any atom is -0.373 e. The Bertz CT molecular complexity index is 308. The Morgan fingerprint density at radius 3 is 3.00 bits per heavy atom. The van der Waals surface area contributed by atoms with E-state index in [1.165, 1.54) is 6.42 Å². The lowest BCUT2D eigenvalue weighted by molar-refractivity contribution is 0.0992. The fourth-order valence-corrected chi connectivity index (χ4v) is 2.41. The van der Waals surface area contributed by atoms with Crippen molar-refractivity contribution in [2.24, 2.45) is 4.99 Å². The molecule has 0 radical (unpaired) electrons. The molecule has 0 aromatic heterocycles. The first-order valence-electron chi connectivity index (χ1n) is 5.97. The normalized spacial score (nSPS) is 32.5. The third-order valence-electron chi connectivity index (χ3n) is 3.10. The molecule has 2 aliphatic rings. The van der Waals surface area contributed by atoms with Crippen LogP contribution in [0, 0.1) is 12.3 Å². The standard InChI is InChI=1S/C12H19N3O/c1-3-7-14-12(13-4-2)15-10-8-9-5-6-11(10)16-9/h1,9-11H,4-8H2,2H3,(H2,13,14,15)/t9-,10-,11-/m0/s1. The minimum absolute atomic E-state index is 0.361. The highest BCUT2D eigenvalue weighted by Crippen LogP contribution is 2.34. The van der Waals surface area contributed by atoms with Crippen molar-refractivity contribution in [2.75, 3.05) is 13.1 Å². The van der Waals surface area contributed by atoms with Crippen LogP contribution >= 0.6 is 0 Å². The van der Waals surface area contributed by atoms with Crippen LogP contribution in [0.2, 0.25) is 0 Å². The van der Waals surface area contributed by atoms with Crippen LogP contribution in [0.3, 0.4) is 0 Å². The SMILES string of the molecule is C#CCN=C(NCC)N[C@H]1C[C@@H]2CC[C@@H]1O2. The lowest BCUT2D eigenvalue weighted by Gasteiger charge is -2.22. The minimum atomic E-state index is 0.361.